The monoisotopic (exact) mass is 156 g/mol. The van der Waals surface area contributed by atoms with Gasteiger partial charge in [0.2, 0.25) is 0 Å². The van der Waals surface area contributed by atoms with E-state index in [2.05, 4.69) is 10.2 Å². The van der Waals surface area contributed by atoms with Gasteiger partial charge in [-0.15, -0.1) is 0 Å². The Bertz CT molecular complexity index is 262. The van der Waals surface area contributed by atoms with Crippen molar-refractivity contribution in [1.29, 1.82) is 0 Å². The van der Waals surface area contributed by atoms with Crippen molar-refractivity contribution in [2.45, 2.75) is 25.9 Å². The summed E-state index contributed by atoms with van der Waals surface area (Å²) in [7, 11) is 0. The van der Waals surface area contributed by atoms with Crippen LogP contribution in [0, 0.1) is 0 Å². The Balaban J connectivity index is 2.51. The SMILES string of the molecule is CC(N)CCn1cn[nH]c1=O. The van der Waals surface area contributed by atoms with Crippen molar-refractivity contribution in [3.63, 3.8) is 0 Å². The van der Waals surface area contributed by atoms with Crippen LogP contribution < -0.4 is 11.4 Å². The van der Waals surface area contributed by atoms with Crippen molar-refractivity contribution < 1.29 is 0 Å². The molecule has 0 aliphatic carbocycles. The summed E-state index contributed by atoms with van der Waals surface area (Å²) < 4.78 is 1.50. The van der Waals surface area contributed by atoms with Crippen molar-refractivity contribution in [2.24, 2.45) is 5.73 Å². The van der Waals surface area contributed by atoms with E-state index >= 15 is 0 Å². The quantitative estimate of drug-likeness (QED) is 0.608. The maximum absolute atomic E-state index is 10.8. The molecule has 62 valence electrons. The minimum atomic E-state index is -0.175. The molecule has 3 N–H and O–H groups in total. The molecule has 0 aliphatic rings. The Morgan fingerprint density at radius 2 is 2.64 bits per heavy atom. The first-order valence-electron chi connectivity index (χ1n) is 3.55. The number of aromatic nitrogens is 3. The fraction of sp³-hybridized carbons (Fsp3) is 0.667. The highest BCUT2D eigenvalue weighted by Crippen LogP contribution is 1.88. The minimum Gasteiger partial charge on any atom is -0.328 e. The molecule has 1 atom stereocenters. The van der Waals surface area contributed by atoms with E-state index in [9.17, 15) is 4.79 Å². The van der Waals surface area contributed by atoms with Crippen LogP contribution >= 0.6 is 0 Å². The maximum Gasteiger partial charge on any atom is 0.343 e. The van der Waals surface area contributed by atoms with Gasteiger partial charge in [0.15, 0.2) is 0 Å². The Morgan fingerprint density at radius 1 is 1.91 bits per heavy atom. The van der Waals surface area contributed by atoms with E-state index in [4.69, 9.17) is 5.73 Å². The molecule has 1 aromatic rings. The lowest BCUT2D eigenvalue weighted by atomic mass is 10.2. The molecule has 5 nitrogen and oxygen atoms in total. The summed E-state index contributed by atoms with van der Waals surface area (Å²) in [6.45, 7) is 2.54. The number of nitrogens with zero attached hydrogens (tertiary/aromatic N) is 2. The Labute approximate surface area is 64.2 Å². The first-order chi connectivity index (χ1) is 5.20. The molecule has 1 unspecified atom stereocenters. The van der Waals surface area contributed by atoms with Gasteiger partial charge < -0.3 is 5.73 Å². The van der Waals surface area contributed by atoms with Gasteiger partial charge in [-0.1, -0.05) is 0 Å². The molecule has 5 heteroatoms. The summed E-state index contributed by atoms with van der Waals surface area (Å²) in [5.74, 6) is 0. The van der Waals surface area contributed by atoms with Crippen molar-refractivity contribution in [3.8, 4) is 0 Å². The van der Waals surface area contributed by atoms with E-state index in [1.165, 1.54) is 10.9 Å². The molecule has 0 bridgehead atoms. The summed E-state index contributed by atoms with van der Waals surface area (Å²) in [5, 5.41) is 5.89. The first-order valence-corrected chi connectivity index (χ1v) is 3.55. The van der Waals surface area contributed by atoms with E-state index in [1.807, 2.05) is 6.92 Å². The molecule has 0 spiro atoms. The Morgan fingerprint density at radius 3 is 3.09 bits per heavy atom. The van der Waals surface area contributed by atoms with Gasteiger partial charge >= 0.3 is 5.69 Å². The molecule has 1 heterocycles. The molecule has 1 rings (SSSR count). The summed E-state index contributed by atoms with van der Waals surface area (Å²) in [5.41, 5.74) is 5.34. The lowest BCUT2D eigenvalue weighted by molar-refractivity contribution is 0.559. The van der Waals surface area contributed by atoms with Crippen molar-refractivity contribution in [1.82, 2.24) is 14.8 Å². The third kappa shape index (κ3) is 2.19. The Hall–Kier alpha value is -1.10. The lowest BCUT2D eigenvalue weighted by Gasteiger charge is -2.02. The second-order valence-corrected chi connectivity index (χ2v) is 2.62. The van der Waals surface area contributed by atoms with E-state index < -0.39 is 0 Å². The summed E-state index contributed by atoms with van der Waals surface area (Å²) >= 11 is 0. The highest BCUT2D eigenvalue weighted by atomic mass is 16.1. The zero-order chi connectivity index (χ0) is 8.27. The van der Waals surface area contributed by atoms with Gasteiger partial charge in [-0.25, -0.2) is 9.89 Å². The van der Waals surface area contributed by atoms with Gasteiger partial charge in [-0.2, -0.15) is 5.10 Å². The van der Waals surface area contributed by atoms with Crippen LogP contribution in [-0.4, -0.2) is 20.8 Å². The predicted octanol–water partition coefficient (Wildman–Crippen LogP) is -0.691. The molecule has 0 radical (unpaired) electrons. The largest absolute Gasteiger partial charge is 0.343 e. The fourth-order valence-electron chi connectivity index (χ4n) is 0.772. The van der Waals surface area contributed by atoms with Crippen LogP contribution in [-0.2, 0) is 6.54 Å². The normalized spacial score (nSPS) is 13.3. The molecular formula is C6H12N4O. The summed E-state index contributed by atoms with van der Waals surface area (Å²) in [6, 6.07) is 0.122. The van der Waals surface area contributed by atoms with Gasteiger partial charge in [0.25, 0.3) is 0 Å². The van der Waals surface area contributed by atoms with Crippen LogP contribution in [0.3, 0.4) is 0 Å². The smallest absolute Gasteiger partial charge is 0.328 e. The maximum atomic E-state index is 10.8. The zero-order valence-corrected chi connectivity index (χ0v) is 6.45. The van der Waals surface area contributed by atoms with Crippen LogP contribution in [0.1, 0.15) is 13.3 Å². The second kappa shape index (κ2) is 3.34. The third-order valence-electron chi connectivity index (χ3n) is 1.44. The summed E-state index contributed by atoms with van der Waals surface area (Å²) in [4.78, 5) is 10.8. The minimum absolute atomic E-state index is 0.122. The Kier molecular flexibility index (Phi) is 2.43. The summed E-state index contributed by atoms with van der Waals surface area (Å²) in [6.07, 6.45) is 2.27. The molecule has 0 amide bonds. The number of rotatable bonds is 3. The third-order valence-corrected chi connectivity index (χ3v) is 1.44. The van der Waals surface area contributed by atoms with Gasteiger partial charge in [-0.05, 0) is 13.3 Å². The average molecular weight is 156 g/mol. The van der Waals surface area contributed by atoms with Gasteiger partial charge in [-0.3, -0.25) is 4.57 Å². The number of hydrogen-bond acceptors (Lipinski definition) is 3. The van der Waals surface area contributed by atoms with Crippen LogP contribution in [0.25, 0.3) is 0 Å². The van der Waals surface area contributed by atoms with Crippen LogP contribution in [0.4, 0.5) is 0 Å². The van der Waals surface area contributed by atoms with E-state index in [0.29, 0.717) is 6.54 Å². The molecule has 0 saturated carbocycles. The average Bonchev–Trinajstić information content (AvgIpc) is 2.31. The molecule has 1 aromatic heterocycles. The number of nitrogens with one attached hydrogen (secondary N) is 1. The zero-order valence-electron chi connectivity index (χ0n) is 6.45. The van der Waals surface area contributed by atoms with Gasteiger partial charge in [0.1, 0.15) is 6.33 Å². The number of H-pyrrole nitrogens is 1. The molecule has 0 saturated heterocycles. The van der Waals surface area contributed by atoms with E-state index in [0.717, 1.165) is 6.42 Å². The van der Waals surface area contributed by atoms with E-state index in [-0.39, 0.29) is 11.7 Å². The van der Waals surface area contributed by atoms with Crippen molar-refractivity contribution >= 4 is 0 Å². The standard InChI is InChI=1S/C6H12N4O/c1-5(7)2-3-10-4-8-9-6(10)11/h4-5H,2-3,7H2,1H3,(H,9,11). The number of nitrogens with two attached hydrogens (primary N) is 1. The molecule has 11 heavy (non-hydrogen) atoms. The fourth-order valence-corrected chi connectivity index (χ4v) is 0.772. The number of aromatic amines is 1. The van der Waals surface area contributed by atoms with Crippen LogP contribution in [0.5, 0.6) is 0 Å². The lowest BCUT2D eigenvalue weighted by Crippen LogP contribution is -2.22. The second-order valence-electron chi connectivity index (χ2n) is 2.62. The predicted molar refractivity (Wildman–Crippen MR) is 41.1 cm³/mol. The molecule has 0 aliphatic heterocycles. The highest BCUT2D eigenvalue weighted by Gasteiger charge is 1.98. The van der Waals surface area contributed by atoms with Crippen LogP contribution in [0.2, 0.25) is 0 Å². The molecular weight excluding hydrogens is 144 g/mol. The van der Waals surface area contributed by atoms with Crippen LogP contribution in [0.15, 0.2) is 11.1 Å². The van der Waals surface area contributed by atoms with E-state index in [1.54, 1.807) is 0 Å². The number of hydrogen-bond donors (Lipinski definition) is 2. The van der Waals surface area contributed by atoms with Gasteiger partial charge in [0, 0.05) is 12.6 Å². The van der Waals surface area contributed by atoms with Gasteiger partial charge in [0.05, 0.1) is 0 Å². The topological polar surface area (TPSA) is 76.7 Å². The van der Waals surface area contributed by atoms with Crippen molar-refractivity contribution in [3.05, 3.63) is 16.8 Å². The molecule has 0 fully saturated rings. The number of aryl methyl sites for hydroxylation is 1. The highest BCUT2D eigenvalue weighted by molar-refractivity contribution is 4.64. The first kappa shape index (κ1) is 8.00. The van der Waals surface area contributed by atoms with Crippen molar-refractivity contribution in [2.75, 3.05) is 0 Å². The molecule has 0 aromatic carbocycles.